The quantitative estimate of drug-likeness (QED) is 0.136. The zero-order valence-electron chi connectivity index (χ0n) is 32.1. The molecule has 10 aromatic carbocycles. The summed E-state index contributed by atoms with van der Waals surface area (Å²) in [5, 5.41) is 4.91. The van der Waals surface area contributed by atoms with E-state index in [0.717, 1.165) is 0 Å². The van der Waals surface area contributed by atoms with Crippen LogP contribution in [-0.4, -0.2) is 0 Å². The van der Waals surface area contributed by atoms with Crippen LogP contribution in [0.25, 0.3) is 100 Å². The summed E-state index contributed by atoms with van der Waals surface area (Å²) in [5.74, 6) is 0. The summed E-state index contributed by atoms with van der Waals surface area (Å²) in [4.78, 5) is 0. The van der Waals surface area contributed by atoms with Crippen molar-refractivity contribution >= 4 is 33.7 Å². The SMILES string of the molecule is C(=Cc1ccc2cc(-c3cc(-c4ccccc4)cc(-c4ccccc4)c3)ccc2c1)c1ccc2cc(-c3cc(-c4ccccc4)cc(-c4ccccc4)c3)ccc2c1. The van der Waals surface area contributed by atoms with Gasteiger partial charge in [-0.25, -0.2) is 0 Å². The minimum atomic E-state index is 1.18. The molecule has 0 heteroatoms. The Morgan fingerprint density at radius 2 is 0.431 bits per heavy atom. The Kier molecular flexibility index (Phi) is 9.35. The molecule has 0 unspecified atom stereocenters. The van der Waals surface area contributed by atoms with Crippen LogP contribution in [0.3, 0.4) is 0 Å². The number of fused-ring (bicyclic) bond motifs is 2. The number of hydrogen-bond donors (Lipinski definition) is 0. The van der Waals surface area contributed by atoms with Crippen LogP contribution in [0.1, 0.15) is 11.1 Å². The highest BCUT2D eigenvalue weighted by Crippen LogP contribution is 2.36. The van der Waals surface area contributed by atoms with E-state index < -0.39 is 0 Å². The molecule has 272 valence electrons. The first-order chi connectivity index (χ1) is 28.7. The first kappa shape index (κ1) is 34.9. The Hall–Kier alpha value is -7.54. The third kappa shape index (κ3) is 7.40. The molecule has 58 heavy (non-hydrogen) atoms. The molecule has 10 aromatic rings. The number of rotatable bonds is 8. The van der Waals surface area contributed by atoms with Gasteiger partial charge in [-0.05, 0) is 160 Å². The average molecular weight is 737 g/mol. The van der Waals surface area contributed by atoms with Gasteiger partial charge in [-0.2, -0.15) is 0 Å². The molecule has 0 aliphatic heterocycles. The van der Waals surface area contributed by atoms with Gasteiger partial charge in [-0.15, -0.1) is 0 Å². The van der Waals surface area contributed by atoms with Gasteiger partial charge in [0, 0.05) is 0 Å². The molecule has 0 spiro atoms. The Morgan fingerprint density at radius 1 is 0.172 bits per heavy atom. The van der Waals surface area contributed by atoms with Crippen molar-refractivity contribution in [1.82, 2.24) is 0 Å². The lowest BCUT2D eigenvalue weighted by Gasteiger charge is -2.12. The van der Waals surface area contributed by atoms with Crippen molar-refractivity contribution in [3.63, 3.8) is 0 Å². The number of hydrogen-bond acceptors (Lipinski definition) is 0. The van der Waals surface area contributed by atoms with Crippen LogP contribution < -0.4 is 0 Å². The fourth-order valence-corrected chi connectivity index (χ4v) is 8.06. The van der Waals surface area contributed by atoms with Gasteiger partial charge in [0.25, 0.3) is 0 Å². The zero-order chi connectivity index (χ0) is 38.7. The van der Waals surface area contributed by atoms with Crippen molar-refractivity contribution in [2.75, 3.05) is 0 Å². The summed E-state index contributed by atoms with van der Waals surface area (Å²) < 4.78 is 0. The van der Waals surface area contributed by atoms with Crippen LogP contribution >= 0.6 is 0 Å². The molecule has 0 bridgehead atoms. The maximum absolute atomic E-state index is 2.32. The summed E-state index contributed by atoms with van der Waals surface area (Å²) >= 11 is 0. The van der Waals surface area contributed by atoms with E-state index in [4.69, 9.17) is 0 Å². The third-order valence-electron chi connectivity index (χ3n) is 11.2. The highest BCUT2D eigenvalue weighted by molar-refractivity contribution is 5.93. The fourth-order valence-electron chi connectivity index (χ4n) is 8.06. The minimum Gasteiger partial charge on any atom is -0.0622 e. The van der Waals surface area contributed by atoms with Gasteiger partial charge >= 0.3 is 0 Å². The van der Waals surface area contributed by atoms with Gasteiger partial charge in [-0.3, -0.25) is 0 Å². The summed E-state index contributed by atoms with van der Waals surface area (Å²) in [7, 11) is 0. The van der Waals surface area contributed by atoms with E-state index in [1.165, 1.54) is 99.4 Å². The number of benzene rings is 10. The van der Waals surface area contributed by atoms with Crippen LogP contribution in [0.5, 0.6) is 0 Å². The van der Waals surface area contributed by atoms with Gasteiger partial charge in [0.1, 0.15) is 0 Å². The van der Waals surface area contributed by atoms with Gasteiger partial charge in [-0.1, -0.05) is 182 Å². The second-order valence-electron chi connectivity index (χ2n) is 15.0. The van der Waals surface area contributed by atoms with E-state index in [1.54, 1.807) is 0 Å². The Balaban J connectivity index is 0.918. The predicted octanol–water partition coefficient (Wildman–Crippen LogP) is 16.2. The maximum atomic E-state index is 2.32. The standard InChI is InChI=1S/C58H40/c1-5-13-43(14-6-1)53-35-54(44-15-7-2-8-16-44)38-57(37-53)51-29-27-47-31-41(23-25-49(47)33-51)21-22-42-24-26-50-34-52(30-28-48(50)32-42)58-39-55(45-17-9-3-10-18-45)36-56(40-58)46-19-11-4-12-20-46/h1-40H. The molecule has 0 saturated carbocycles. The molecule has 0 heterocycles. The average Bonchev–Trinajstić information content (AvgIpc) is 3.31. The molecular formula is C58H40. The van der Waals surface area contributed by atoms with Crippen molar-refractivity contribution in [2.24, 2.45) is 0 Å². The monoisotopic (exact) mass is 736 g/mol. The topological polar surface area (TPSA) is 0 Å². The summed E-state index contributed by atoms with van der Waals surface area (Å²) in [6, 6.07) is 83.7. The molecule has 0 N–H and O–H groups in total. The largest absolute Gasteiger partial charge is 0.0622 e. The van der Waals surface area contributed by atoms with E-state index in [0.29, 0.717) is 0 Å². The molecule has 0 aliphatic carbocycles. The third-order valence-corrected chi connectivity index (χ3v) is 11.2. The van der Waals surface area contributed by atoms with E-state index in [2.05, 4.69) is 243 Å². The molecule has 0 amide bonds. The smallest absolute Gasteiger partial charge is 0.0171 e. The van der Waals surface area contributed by atoms with Crippen molar-refractivity contribution in [1.29, 1.82) is 0 Å². The molecule has 0 radical (unpaired) electrons. The Labute approximate surface area is 340 Å². The Bertz CT molecular complexity index is 2740. The summed E-state index contributed by atoms with van der Waals surface area (Å²) in [6.07, 6.45) is 4.44. The lowest BCUT2D eigenvalue weighted by Crippen LogP contribution is -1.87. The van der Waals surface area contributed by atoms with E-state index in [1.807, 2.05) is 0 Å². The highest BCUT2D eigenvalue weighted by Gasteiger charge is 2.10. The zero-order valence-corrected chi connectivity index (χ0v) is 32.1. The molecule has 0 nitrogen and oxygen atoms in total. The van der Waals surface area contributed by atoms with Crippen molar-refractivity contribution in [3.05, 3.63) is 242 Å². The molecule has 0 fully saturated rings. The van der Waals surface area contributed by atoms with Crippen LogP contribution in [0.15, 0.2) is 231 Å². The summed E-state index contributed by atoms with van der Waals surface area (Å²) in [5.41, 5.74) is 17.0. The van der Waals surface area contributed by atoms with E-state index in [-0.39, 0.29) is 0 Å². The van der Waals surface area contributed by atoms with Crippen molar-refractivity contribution < 1.29 is 0 Å². The maximum Gasteiger partial charge on any atom is -0.0171 e. The second kappa shape index (κ2) is 15.5. The summed E-state index contributed by atoms with van der Waals surface area (Å²) in [6.45, 7) is 0. The van der Waals surface area contributed by atoms with Crippen molar-refractivity contribution in [2.45, 2.75) is 0 Å². The van der Waals surface area contributed by atoms with Crippen LogP contribution in [-0.2, 0) is 0 Å². The normalized spacial score (nSPS) is 11.4. The minimum absolute atomic E-state index is 1.18. The second-order valence-corrected chi connectivity index (χ2v) is 15.0. The molecule has 10 rings (SSSR count). The van der Waals surface area contributed by atoms with E-state index >= 15 is 0 Å². The first-order valence-corrected chi connectivity index (χ1v) is 20.0. The lowest BCUT2D eigenvalue weighted by molar-refractivity contribution is 1.57. The van der Waals surface area contributed by atoms with Crippen molar-refractivity contribution in [3.8, 4) is 66.8 Å². The van der Waals surface area contributed by atoms with Crippen LogP contribution in [0.4, 0.5) is 0 Å². The predicted molar refractivity (Wildman–Crippen MR) is 249 cm³/mol. The van der Waals surface area contributed by atoms with Gasteiger partial charge in [0.15, 0.2) is 0 Å². The Morgan fingerprint density at radius 3 is 0.741 bits per heavy atom. The highest BCUT2D eigenvalue weighted by atomic mass is 14.1. The lowest BCUT2D eigenvalue weighted by atomic mass is 9.92. The fraction of sp³-hybridized carbons (Fsp3) is 0. The molecule has 0 atom stereocenters. The molecular weight excluding hydrogens is 697 g/mol. The first-order valence-electron chi connectivity index (χ1n) is 20.0. The van der Waals surface area contributed by atoms with Gasteiger partial charge in [0.05, 0.1) is 0 Å². The van der Waals surface area contributed by atoms with Crippen LogP contribution in [0.2, 0.25) is 0 Å². The van der Waals surface area contributed by atoms with Gasteiger partial charge < -0.3 is 0 Å². The molecule has 0 saturated heterocycles. The molecule has 0 aromatic heterocycles. The van der Waals surface area contributed by atoms with E-state index in [9.17, 15) is 0 Å². The molecule has 0 aliphatic rings. The van der Waals surface area contributed by atoms with Crippen LogP contribution in [0, 0.1) is 0 Å². The van der Waals surface area contributed by atoms with Gasteiger partial charge in [0.2, 0.25) is 0 Å².